The van der Waals surface area contributed by atoms with Crippen LogP contribution in [0.3, 0.4) is 0 Å². The maximum Gasteiger partial charge on any atom is 0.237 e. The Morgan fingerprint density at radius 3 is 2.48 bits per heavy atom. The van der Waals surface area contributed by atoms with E-state index in [0.29, 0.717) is 12.4 Å². The molecule has 3 aromatic rings. The molecule has 2 heterocycles. The van der Waals surface area contributed by atoms with E-state index in [1.54, 1.807) is 7.11 Å². The molecule has 0 saturated carbocycles. The van der Waals surface area contributed by atoms with Gasteiger partial charge in [-0.3, -0.25) is 14.3 Å². The number of methoxy groups -OCH3 is 1. The van der Waals surface area contributed by atoms with Crippen LogP contribution in [0.5, 0.6) is 11.6 Å². The molecule has 2 aromatic carbocycles. The van der Waals surface area contributed by atoms with E-state index < -0.39 is 0 Å². The molecule has 1 saturated heterocycles. The highest BCUT2D eigenvalue weighted by Crippen LogP contribution is 2.39. The van der Waals surface area contributed by atoms with Gasteiger partial charge < -0.3 is 14.7 Å². The summed E-state index contributed by atoms with van der Waals surface area (Å²) in [6.07, 6.45) is 0. The van der Waals surface area contributed by atoms with E-state index in [1.165, 1.54) is 12.8 Å². The minimum atomic E-state index is 0.0668. The van der Waals surface area contributed by atoms with Crippen molar-refractivity contribution in [2.75, 3.05) is 45.3 Å². The second-order valence-electron chi connectivity index (χ2n) is 7.88. The number of nitrogens with one attached hydrogen (secondary N) is 1. The number of hydrogen-bond acceptors (Lipinski definition) is 7. The van der Waals surface area contributed by atoms with Crippen molar-refractivity contribution in [3.05, 3.63) is 48.0 Å². The fourth-order valence-electron chi connectivity index (χ4n) is 4.02. The Morgan fingerprint density at radius 2 is 1.82 bits per heavy atom. The molecule has 9 nitrogen and oxygen atoms in total. The van der Waals surface area contributed by atoms with Crippen LogP contribution in [-0.4, -0.2) is 60.1 Å². The number of rotatable bonds is 6. The van der Waals surface area contributed by atoms with Crippen LogP contribution >= 0.6 is 12.2 Å². The lowest BCUT2D eigenvalue weighted by molar-refractivity contribution is 0.145. The highest BCUT2D eigenvalue weighted by Gasteiger charge is 2.22. The number of hydroxylamine groups is 1. The van der Waals surface area contributed by atoms with Crippen molar-refractivity contribution < 1.29 is 14.7 Å². The van der Waals surface area contributed by atoms with Gasteiger partial charge in [-0.2, -0.15) is 0 Å². The number of aromatic nitrogens is 1. The van der Waals surface area contributed by atoms with Crippen LogP contribution in [0.4, 0.5) is 11.4 Å². The van der Waals surface area contributed by atoms with E-state index in [9.17, 15) is 5.11 Å². The van der Waals surface area contributed by atoms with Crippen molar-refractivity contribution in [2.24, 2.45) is 10.2 Å². The molecule has 1 aromatic heterocycles. The number of anilines is 1. The summed E-state index contributed by atoms with van der Waals surface area (Å²) in [6, 6.07) is 14.2. The van der Waals surface area contributed by atoms with Crippen molar-refractivity contribution in [1.82, 2.24) is 14.9 Å². The molecule has 10 heteroatoms. The van der Waals surface area contributed by atoms with E-state index in [-0.39, 0.29) is 11.0 Å². The number of benzene rings is 2. The summed E-state index contributed by atoms with van der Waals surface area (Å²) in [7, 11) is 3.12. The summed E-state index contributed by atoms with van der Waals surface area (Å²) in [6.45, 7) is 6.09. The molecule has 0 bridgehead atoms. The van der Waals surface area contributed by atoms with Crippen molar-refractivity contribution in [2.45, 2.75) is 13.6 Å². The fraction of sp³-hybridized carbons (Fsp3) is 0.348. The molecule has 0 radical (unpaired) electrons. The molecule has 0 unspecified atom stereocenters. The Kier molecular flexibility index (Phi) is 7.07. The third kappa shape index (κ3) is 5.08. The number of hydrogen-bond donors (Lipinski definition) is 2. The number of aryl methyl sites for hydroxylation is 1. The topological polar surface area (TPSA) is 86.8 Å². The normalized spacial score (nSPS) is 14.8. The molecule has 2 N–H and O–H groups in total. The highest BCUT2D eigenvalue weighted by atomic mass is 32.1. The lowest BCUT2D eigenvalue weighted by atomic mass is 10.1. The van der Waals surface area contributed by atoms with E-state index in [0.717, 1.165) is 48.4 Å². The molecule has 0 aliphatic carbocycles. The van der Waals surface area contributed by atoms with E-state index in [1.807, 2.05) is 41.8 Å². The van der Waals surface area contributed by atoms with Gasteiger partial charge >= 0.3 is 0 Å². The van der Waals surface area contributed by atoms with Crippen LogP contribution in [0, 0.1) is 6.92 Å². The summed E-state index contributed by atoms with van der Waals surface area (Å²) in [5.41, 5.74) is 6.00. The minimum Gasteiger partial charge on any atom is -0.497 e. The predicted octanol–water partition coefficient (Wildman–Crippen LogP) is 3.96. The van der Waals surface area contributed by atoms with Gasteiger partial charge in [0, 0.05) is 37.3 Å². The van der Waals surface area contributed by atoms with Gasteiger partial charge in [0.05, 0.1) is 26.4 Å². The number of thiocarbonyl (C=S) groups is 1. The second-order valence-corrected chi connectivity index (χ2v) is 8.26. The molecule has 4 rings (SSSR count). The molecule has 0 spiro atoms. The molecule has 0 atom stereocenters. The number of ether oxygens (including phenoxy) is 1. The first kappa shape index (κ1) is 23.0. The Labute approximate surface area is 198 Å². The highest BCUT2D eigenvalue weighted by molar-refractivity contribution is 7.80. The SMILES string of the molecule is CONC(=S)N=Nc1c(O)n(CN2CCN(c3ccc(OC)cc3)CC2)c2ccc(C)cc12. The van der Waals surface area contributed by atoms with Crippen LogP contribution in [0.15, 0.2) is 52.7 Å². The van der Waals surface area contributed by atoms with Gasteiger partial charge in [-0.25, -0.2) is 5.48 Å². The zero-order valence-electron chi connectivity index (χ0n) is 19.0. The summed E-state index contributed by atoms with van der Waals surface area (Å²) in [5.74, 6) is 0.923. The molecule has 1 fully saturated rings. The first-order valence-electron chi connectivity index (χ1n) is 10.7. The largest absolute Gasteiger partial charge is 0.497 e. The van der Waals surface area contributed by atoms with E-state index in [4.69, 9.17) is 21.8 Å². The lowest BCUT2D eigenvalue weighted by Gasteiger charge is -2.36. The summed E-state index contributed by atoms with van der Waals surface area (Å²) >= 11 is 5.04. The standard InChI is InChI=1S/C23H28N6O3S/c1-16-4-9-20-19(14-16)21(24-25-23(33)26-32-3)22(30)29(20)15-27-10-12-28(13-11-27)17-5-7-18(31-2)8-6-17/h4-9,14,30H,10-13,15H2,1-3H3,(H,26,33). The van der Waals surface area contributed by atoms with Gasteiger partial charge in [0.15, 0.2) is 5.69 Å². The summed E-state index contributed by atoms with van der Waals surface area (Å²) in [4.78, 5) is 9.43. The maximum atomic E-state index is 11.0. The smallest absolute Gasteiger partial charge is 0.237 e. The Hall–Kier alpha value is -3.21. The van der Waals surface area contributed by atoms with Gasteiger partial charge in [-0.15, -0.1) is 10.2 Å². The predicted molar refractivity (Wildman–Crippen MR) is 132 cm³/mol. The first-order chi connectivity index (χ1) is 16.0. The molecular formula is C23H28N6O3S. The zero-order valence-corrected chi connectivity index (χ0v) is 19.8. The lowest BCUT2D eigenvalue weighted by Crippen LogP contribution is -2.46. The van der Waals surface area contributed by atoms with Crippen molar-refractivity contribution in [3.8, 4) is 11.6 Å². The van der Waals surface area contributed by atoms with Gasteiger partial charge in [0.25, 0.3) is 0 Å². The van der Waals surface area contributed by atoms with E-state index in [2.05, 4.69) is 37.6 Å². The Balaban J connectivity index is 1.51. The number of fused-ring (bicyclic) bond motifs is 1. The summed E-state index contributed by atoms with van der Waals surface area (Å²) < 4.78 is 7.13. The number of piperazine rings is 1. The average Bonchev–Trinajstić information content (AvgIpc) is 3.08. The molecular weight excluding hydrogens is 440 g/mol. The van der Waals surface area contributed by atoms with Crippen LogP contribution in [0.1, 0.15) is 5.56 Å². The van der Waals surface area contributed by atoms with Crippen molar-refractivity contribution in [3.63, 3.8) is 0 Å². The molecule has 1 aliphatic rings. The molecule has 0 amide bonds. The van der Waals surface area contributed by atoms with Gasteiger partial charge in [-0.05, 0) is 55.5 Å². The minimum absolute atomic E-state index is 0.0668. The van der Waals surface area contributed by atoms with Crippen molar-refractivity contribution in [1.29, 1.82) is 0 Å². The average molecular weight is 469 g/mol. The summed E-state index contributed by atoms with van der Waals surface area (Å²) in [5, 5.41) is 20.1. The first-order valence-corrected chi connectivity index (χ1v) is 11.1. The van der Waals surface area contributed by atoms with Crippen LogP contribution < -0.4 is 15.1 Å². The number of nitrogens with zero attached hydrogens (tertiary/aromatic N) is 5. The second kappa shape index (κ2) is 10.2. The fourth-order valence-corrected chi connectivity index (χ4v) is 4.15. The monoisotopic (exact) mass is 468 g/mol. The van der Waals surface area contributed by atoms with Gasteiger partial charge in [0.1, 0.15) is 5.75 Å². The van der Waals surface area contributed by atoms with Crippen LogP contribution in [-0.2, 0) is 11.5 Å². The zero-order chi connectivity index (χ0) is 23.4. The molecule has 1 aliphatic heterocycles. The molecule has 33 heavy (non-hydrogen) atoms. The third-order valence-corrected chi connectivity index (χ3v) is 5.91. The van der Waals surface area contributed by atoms with Crippen molar-refractivity contribution >= 4 is 39.6 Å². The van der Waals surface area contributed by atoms with Gasteiger partial charge in [0.2, 0.25) is 11.0 Å². The van der Waals surface area contributed by atoms with Crippen LogP contribution in [0.25, 0.3) is 10.9 Å². The van der Waals surface area contributed by atoms with Gasteiger partial charge in [-0.1, -0.05) is 11.6 Å². The van der Waals surface area contributed by atoms with Crippen LogP contribution in [0.2, 0.25) is 0 Å². The third-order valence-electron chi connectivity index (χ3n) is 5.75. The van der Waals surface area contributed by atoms with E-state index >= 15 is 0 Å². The number of aromatic hydroxyl groups is 1. The quantitative estimate of drug-likeness (QED) is 0.322. The Bertz CT molecular complexity index is 1150. The molecule has 174 valence electrons. The maximum absolute atomic E-state index is 11.0. The number of azo groups is 1. The Morgan fingerprint density at radius 1 is 1.09 bits per heavy atom.